The summed E-state index contributed by atoms with van der Waals surface area (Å²) in [5, 5.41) is 0.751. The average Bonchev–Trinajstić information content (AvgIpc) is 3.26. The number of aromatic nitrogens is 1. The van der Waals surface area contributed by atoms with Crippen LogP contribution in [0.25, 0.3) is 10.4 Å². The fraction of sp³-hybridized carbons (Fsp3) is 0.450. The van der Waals surface area contributed by atoms with Gasteiger partial charge in [-0.25, -0.2) is 9.37 Å². The zero-order valence-corrected chi connectivity index (χ0v) is 16.1. The molecule has 142 valence electrons. The summed E-state index contributed by atoms with van der Waals surface area (Å²) in [5.74, 6) is -0.0331. The Morgan fingerprint density at radius 2 is 1.96 bits per heavy atom. The zero-order valence-electron chi connectivity index (χ0n) is 15.3. The lowest BCUT2D eigenvalue weighted by Gasteiger charge is -2.25. The van der Waals surface area contributed by atoms with E-state index in [9.17, 15) is 14.0 Å². The molecule has 2 heterocycles. The van der Waals surface area contributed by atoms with Crippen LogP contribution in [0.15, 0.2) is 24.3 Å². The minimum absolute atomic E-state index is 0.135. The summed E-state index contributed by atoms with van der Waals surface area (Å²) in [4.78, 5) is 32.3. The van der Waals surface area contributed by atoms with E-state index in [0.717, 1.165) is 23.4 Å². The Morgan fingerprint density at radius 1 is 1.26 bits per heavy atom. The molecule has 0 bridgehead atoms. The van der Waals surface area contributed by atoms with Crippen LogP contribution in [0.1, 0.15) is 35.3 Å². The first kappa shape index (κ1) is 18.1. The number of halogens is 1. The molecule has 1 saturated heterocycles. The van der Waals surface area contributed by atoms with E-state index in [2.05, 4.69) is 11.9 Å². The second-order valence-electron chi connectivity index (χ2n) is 7.72. The highest BCUT2D eigenvalue weighted by Crippen LogP contribution is 2.45. The maximum atomic E-state index is 13.3. The number of nitrogens with zero attached hydrogens (tertiary/aromatic N) is 2. The summed E-state index contributed by atoms with van der Waals surface area (Å²) < 4.78 is 13.3. The van der Waals surface area contributed by atoms with Crippen molar-refractivity contribution in [1.29, 1.82) is 0 Å². The summed E-state index contributed by atoms with van der Waals surface area (Å²) in [6.45, 7) is 4.56. The van der Waals surface area contributed by atoms with Crippen molar-refractivity contribution in [2.45, 2.75) is 32.7 Å². The Balaban J connectivity index is 1.69. The minimum Gasteiger partial charge on any atom is -0.368 e. The number of carbonyl (C=O) groups excluding carboxylic acids is 2. The van der Waals surface area contributed by atoms with Crippen molar-refractivity contribution in [1.82, 2.24) is 9.88 Å². The Morgan fingerprint density at radius 3 is 2.63 bits per heavy atom. The molecule has 27 heavy (non-hydrogen) atoms. The fourth-order valence-electron chi connectivity index (χ4n) is 4.72. The van der Waals surface area contributed by atoms with Gasteiger partial charge in [0.25, 0.3) is 5.91 Å². The first-order valence-corrected chi connectivity index (χ1v) is 10.0. The molecular formula is C20H22FN3O2S. The molecule has 2 aromatic rings. The number of nitrogens with two attached hydrogens (primary N) is 1. The molecule has 0 radical (unpaired) electrons. The summed E-state index contributed by atoms with van der Waals surface area (Å²) in [6, 6.07) is 5.45. The molecule has 1 unspecified atom stereocenters. The third-order valence-corrected chi connectivity index (χ3v) is 6.77. The van der Waals surface area contributed by atoms with Gasteiger partial charge in [0.15, 0.2) is 0 Å². The lowest BCUT2D eigenvalue weighted by Crippen LogP contribution is -2.46. The Bertz CT molecular complexity index is 895. The smallest absolute Gasteiger partial charge is 0.274 e. The molecule has 1 aromatic heterocycles. The molecule has 2 fully saturated rings. The number of fused-ring (bicyclic) bond motifs is 1. The summed E-state index contributed by atoms with van der Waals surface area (Å²) in [6.07, 6.45) is 1.93. The number of primary amides is 1. The minimum atomic E-state index is -0.574. The van der Waals surface area contributed by atoms with Gasteiger partial charge in [-0.3, -0.25) is 9.59 Å². The summed E-state index contributed by atoms with van der Waals surface area (Å²) in [7, 11) is 0. The van der Waals surface area contributed by atoms with E-state index in [0.29, 0.717) is 29.0 Å². The first-order chi connectivity index (χ1) is 12.8. The van der Waals surface area contributed by atoms with Crippen molar-refractivity contribution in [2.24, 2.45) is 23.5 Å². The molecular weight excluding hydrogens is 365 g/mol. The van der Waals surface area contributed by atoms with E-state index in [4.69, 9.17) is 5.73 Å². The van der Waals surface area contributed by atoms with Crippen LogP contribution >= 0.6 is 11.3 Å². The van der Waals surface area contributed by atoms with Gasteiger partial charge in [0.05, 0.1) is 9.88 Å². The van der Waals surface area contributed by atoms with Crippen LogP contribution in [-0.2, 0) is 4.79 Å². The van der Waals surface area contributed by atoms with Crippen LogP contribution < -0.4 is 5.73 Å². The highest BCUT2D eigenvalue weighted by Gasteiger charge is 2.51. The van der Waals surface area contributed by atoms with Crippen molar-refractivity contribution in [3.63, 3.8) is 0 Å². The molecule has 2 amide bonds. The van der Waals surface area contributed by atoms with Crippen LogP contribution in [0, 0.1) is 30.5 Å². The fourth-order valence-corrected chi connectivity index (χ4v) is 5.63. The number of rotatable bonds is 3. The van der Waals surface area contributed by atoms with Crippen LogP contribution in [0.3, 0.4) is 0 Å². The van der Waals surface area contributed by atoms with Crippen LogP contribution in [0.5, 0.6) is 0 Å². The van der Waals surface area contributed by atoms with Gasteiger partial charge < -0.3 is 10.6 Å². The van der Waals surface area contributed by atoms with Crippen molar-refractivity contribution in [3.8, 4) is 10.4 Å². The topological polar surface area (TPSA) is 76.3 Å². The third-order valence-electron chi connectivity index (χ3n) is 5.75. The Hall–Kier alpha value is -2.28. The van der Waals surface area contributed by atoms with Crippen LogP contribution in [0.2, 0.25) is 0 Å². The van der Waals surface area contributed by atoms with E-state index in [1.54, 1.807) is 17.0 Å². The van der Waals surface area contributed by atoms with Gasteiger partial charge in [-0.1, -0.05) is 19.1 Å². The van der Waals surface area contributed by atoms with Gasteiger partial charge in [-0.2, -0.15) is 0 Å². The SMILES string of the molecule is Cc1nc(C(=O)N2C[C@@H]3CC(C)C[C@@H]3[C@H]2C(N)=O)c(-c2ccc(F)cc2)s1. The van der Waals surface area contributed by atoms with Crippen LogP contribution in [0.4, 0.5) is 4.39 Å². The predicted octanol–water partition coefficient (Wildman–Crippen LogP) is 3.23. The van der Waals surface area contributed by atoms with Crippen molar-refractivity contribution >= 4 is 23.2 Å². The molecule has 2 aliphatic rings. The van der Waals surface area contributed by atoms with Gasteiger partial charge in [0.2, 0.25) is 5.91 Å². The molecule has 7 heteroatoms. The molecule has 1 saturated carbocycles. The molecule has 0 spiro atoms. The van der Waals surface area contributed by atoms with Crippen molar-refractivity contribution in [3.05, 3.63) is 40.8 Å². The normalized spacial score (nSPS) is 27.0. The number of thiazole rings is 1. The third kappa shape index (κ3) is 3.14. The largest absolute Gasteiger partial charge is 0.368 e. The maximum Gasteiger partial charge on any atom is 0.274 e. The first-order valence-electron chi connectivity index (χ1n) is 9.18. The second kappa shape index (κ2) is 6.71. The van der Waals surface area contributed by atoms with E-state index in [1.807, 2.05) is 6.92 Å². The van der Waals surface area contributed by atoms with Gasteiger partial charge in [0.1, 0.15) is 17.6 Å². The number of carbonyl (C=O) groups is 2. The van der Waals surface area contributed by atoms with Gasteiger partial charge in [-0.15, -0.1) is 11.3 Å². The molecule has 1 aliphatic heterocycles. The van der Waals surface area contributed by atoms with E-state index in [1.165, 1.54) is 23.5 Å². The molecule has 4 rings (SSSR count). The van der Waals surface area contributed by atoms with Crippen molar-refractivity contribution in [2.75, 3.05) is 6.54 Å². The van der Waals surface area contributed by atoms with Crippen LogP contribution in [-0.4, -0.2) is 34.3 Å². The number of hydrogen-bond donors (Lipinski definition) is 1. The quantitative estimate of drug-likeness (QED) is 0.878. The highest BCUT2D eigenvalue weighted by molar-refractivity contribution is 7.15. The lowest BCUT2D eigenvalue weighted by atomic mass is 9.93. The van der Waals surface area contributed by atoms with Gasteiger partial charge in [0, 0.05) is 6.54 Å². The number of likely N-dealkylation sites (tertiary alicyclic amines) is 1. The maximum absolute atomic E-state index is 13.3. The molecule has 1 aliphatic carbocycles. The lowest BCUT2D eigenvalue weighted by molar-refractivity contribution is -0.122. The highest BCUT2D eigenvalue weighted by atomic mass is 32.1. The van der Waals surface area contributed by atoms with Gasteiger partial charge >= 0.3 is 0 Å². The number of benzene rings is 1. The summed E-state index contributed by atoms with van der Waals surface area (Å²) >= 11 is 1.39. The monoisotopic (exact) mass is 387 g/mol. The number of hydrogen-bond acceptors (Lipinski definition) is 4. The zero-order chi connectivity index (χ0) is 19.3. The number of amides is 2. The average molecular weight is 387 g/mol. The Kier molecular flexibility index (Phi) is 4.50. The standard InChI is InChI=1S/C20H22FN3O2S/c1-10-7-13-9-24(17(19(22)25)15(13)8-10)20(26)16-18(27-11(2)23-16)12-3-5-14(21)6-4-12/h3-6,10,13,15,17H,7-9H2,1-2H3,(H2,22,25)/t10?,13-,15-,17-/m0/s1. The summed E-state index contributed by atoms with van der Waals surface area (Å²) in [5.41, 5.74) is 6.75. The molecule has 5 nitrogen and oxygen atoms in total. The van der Waals surface area contributed by atoms with Gasteiger partial charge in [-0.05, 0) is 55.2 Å². The van der Waals surface area contributed by atoms with E-state index >= 15 is 0 Å². The number of aryl methyl sites for hydroxylation is 1. The van der Waals surface area contributed by atoms with Crippen molar-refractivity contribution < 1.29 is 14.0 Å². The van der Waals surface area contributed by atoms with E-state index in [-0.39, 0.29) is 17.6 Å². The molecule has 2 N–H and O–H groups in total. The van der Waals surface area contributed by atoms with E-state index < -0.39 is 11.9 Å². The Labute approximate surface area is 161 Å². The molecule has 4 atom stereocenters. The molecule has 1 aromatic carbocycles. The second-order valence-corrected chi connectivity index (χ2v) is 8.93. The predicted molar refractivity (Wildman–Crippen MR) is 102 cm³/mol.